The molecule has 1 rings (SSSR count). The van der Waals surface area contributed by atoms with Gasteiger partial charge in [0.2, 0.25) is 0 Å². The Morgan fingerprint density at radius 1 is 1.44 bits per heavy atom. The average molecular weight is 244 g/mol. The lowest BCUT2D eigenvalue weighted by Gasteiger charge is -2.19. The van der Waals surface area contributed by atoms with Gasteiger partial charge in [-0.1, -0.05) is 25.4 Å². The highest BCUT2D eigenvalue weighted by atomic mass is 35.5. The summed E-state index contributed by atoms with van der Waals surface area (Å²) in [5.74, 6) is 0.544. The van der Waals surface area contributed by atoms with Crippen LogP contribution in [-0.4, -0.2) is 22.9 Å². The number of hydrogen-bond acceptors (Lipinski definition) is 2. The van der Waals surface area contributed by atoms with Crippen molar-refractivity contribution >= 4 is 11.6 Å². The maximum Gasteiger partial charge on any atom is 0.0849 e. The Morgan fingerprint density at radius 2 is 2.06 bits per heavy atom. The Balaban J connectivity index is 2.84. The molecule has 1 heterocycles. The normalized spacial score (nSPS) is 15.1. The molecule has 0 aromatic carbocycles. The largest absolute Gasteiger partial charge is 0.317 e. The zero-order valence-corrected chi connectivity index (χ0v) is 11.6. The van der Waals surface area contributed by atoms with E-state index in [2.05, 4.69) is 31.2 Å². The molecule has 2 atom stereocenters. The van der Waals surface area contributed by atoms with Gasteiger partial charge in [-0.15, -0.1) is 0 Å². The van der Waals surface area contributed by atoms with E-state index in [9.17, 15) is 0 Å². The molecule has 0 spiro atoms. The fourth-order valence-electron chi connectivity index (χ4n) is 1.81. The first kappa shape index (κ1) is 13.5. The van der Waals surface area contributed by atoms with Crippen LogP contribution >= 0.6 is 11.6 Å². The van der Waals surface area contributed by atoms with Crippen LogP contribution in [0.4, 0.5) is 0 Å². The maximum atomic E-state index is 6.32. The molecular weight excluding hydrogens is 222 g/mol. The van der Waals surface area contributed by atoms with Gasteiger partial charge in [-0.05, 0) is 32.7 Å². The third kappa shape index (κ3) is 2.77. The molecule has 0 aliphatic heterocycles. The highest BCUT2D eigenvalue weighted by Crippen LogP contribution is 2.24. The Bertz CT molecular complexity index is 346. The first-order valence-electron chi connectivity index (χ1n) is 5.88. The zero-order valence-electron chi connectivity index (χ0n) is 10.8. The van der Waals surface area contributed by atoms with Gasteiger partial charge in [0, 0.05) is 13.1 Å². The predicted molar refractivity (Wildman–Crippen MR) is 69.0 cm³/mol. The van der Waals surface area contributed by atoms with Crippen LogP contribution in [0.1, 0.15) is 32.2 Å². The molecule has 0 aliphatic carbocycles. The fraction of sp³-hybridized carbons (Fsp3) is 0.750. The molecule has 0 radical (unpaired) electrons. The van der Waals surface area contributed by atoms with Crippen LogP contribution in [0.25, 0.3) is 0 Å². The van der Waals surface area contributed by atoms with Gasteiger partial charge in [-0.2, -0.15) is 5.10 Å². The van der Waals surface area contributed by atoms with Gasteiger partial charge in [0.25, 0.3) is 0 Å². The molecule has 0 saturated carbocycles. The summed E-state index contributed by atoms with van der Waals surface area (Å²) in [4.78, 5) is 0. The van der Waals surface area contributed by atoms with Gasteiger partial charge in [-0.3, -0.25) is 4.68 Å². The number of rotatable bonds is 5. The minimum Gasteiger partial charge on any atom is -0.317 e. The van der Waals surface area contributed by atoms with Crippen molar-refractivity contribution in [3.63, 3.8) is 0 Å². The molecule has 16 heavy (non-hydrogen) atoms. The molecule has 3 nitrogen and oxygen atoms in total. The van der Waals surface area contributed by atoms with E-state index in [1.807, 2.05) is 18.8 Å². The van der Waals surface area contributed by atoms with Crippen molar-refractivity contribution in [2.45, 2.75) is 39.7 Å². The van der Waals surface area contributed by atoms with Crippen molar-refractivity contribution in [2.75, 3.05) is 7.05 Å². The van der Waals surface area contributed by atoms with Crippen molar-refractivity contribution in [3.8, 4) is 0 Å². The monoisotopic (exact) mass is 243 g/mol. The van der Waals surface area contributed by atoms with Gasteiger partial charge < -0.3 is 5.32 Å². The lowest BCUT2D eigenvalue weighted by molar-refractivity contribution is 0.414. The zero-order chi connectivity index (χ0) is 12.3. The number of nitrogens with one attached hydrogen (secondary N) is 1. The van der Waals surface area contributed by atoms with Gasteiger partial charge in [0.05, 0.1) is 16.4 Å². The summed E-state index contributed by atoms with van der Waals surface area (Å²) in [5.41, 5.74) is 2.15. The first-order chi connectivity index (χ1) is 7.51. The molecule has 92 valence electrons. The van der Waals surface area contributed by atoms with Crippen molar-refractivity contribution < 1.29 is 0 Å². The summed E-state index contributed by atoms with van der Waals surface area (Å²) in [6, 6.07) is 0.482. The van der Waals surface area contributed by atoms with Crippen molar-refractivity contribution in [3.05, 3.63) is 16.4 Å². The van der Waals surface area contributed by atoms with Crippen LogP contribution in [0, 0.1) is 5.92 Å². The first-order valence-corrected chi connectivity index (χ1v) is 6.26. The van der Waals surface area contributed by atoms with E-state index in [0.29, 0.717) is 12.0 Å². The number of nitrogens with zero attached hydrogens (tertiary/aromatic N) is 2. The van der Waals surface area contributed by atoms with E-state index in [-0.39, 0.29) is 0 Å². The number of aryl methyl sites for hydroxylation is 2. The fourth-order valence-corrected chi connectivity index (χ4v) is 2.18. The van der Waals surface area contributed by atoms with Crippen LogP contribution in [0.3, 0.4) is 0 Å². The SMILES string of the molecule is CCc1nn(C)c(CC(C)C(C)NC)c1Cl. The second kappa shape index (κ2) is 5.69. The molecule has 1 aromatic heterocycles. The summed E-state index contributed by atoms with van der Waals surface area (Å²) < 4.78 is 1.92. The molecule has 1 N–H and O–H groups in total. The van der Waals surface area contributed by atoms with Crippen LogP contribution in [0.5, 0.6) is 0 Å². The molecule has 4 heteroatoms. The summed E-state index contributed by atoms with van der Waals surface area (Å²) in [5, 5.41) is 8.55. The summed E-state index contributed by atoms with van der Waals surface area (Å²) >= 11 is 6.32. The highest BCUT2D eigenvalue weighted by molar-refractivity contribution is 6.31. The van der Waals surface area contributed by atoms with Gasteiger partial charge >= 0.3 is 0 Å². The summed E-state index contributed by atoms with van der Waals surface area (Å²) in [7, 11) is 3.96. The topological polar surface area (TPSA) is 29.9 Å². The second-order valence-corrected chi connectivity index (χ2v) is 4.82. The van der Waals surface area contributed by atoms with E-state index in [1.165, 1.54) is 0 Å². The number of halogens is 1. The Morgan fingerprint density at radius 3 is 2.50 bits per heavy atom. The van der Waals surface area contributed by atoms with E-state index in [4.69, 9.17) is 11.6 Å². The predicted octanol–water partition coefficient (Wildman–Crippen LogP) is 2.42. The number of aromatic nitrogens is 2. The highest BCUT2D eigenvalue weighted by Gasteiger charge is 2.18. The Labute approximate surface area is 103 Å². The van der Waals surface area contributed by atoms with Crippen LogP contribution in [-0.2, 0) is 19.9 Å². The second-order valence-electron chi connectivity index (χ2n) is 4.44. The molecule has 0 fully saturated rings. The molecule has 0 aliphatic rings. The van der Waals surface area contributed by atoms with E-state index in [0.717, 1.165) is 29.3 Å². The molecule has 0 bridgehead atoms. The van der Waals surface area contributed by atoms with E-state index in [1.54, 1.807) is 0 Å². The lowest BCUT2D eigenvalue weighted by Crippen LogP contribution is -2.30. The van der Waals surface area contributed by atoms with Crippen LogP contribution in [0.15, 0.2) is 0 Å². The van der Waals surface area contributed by atoms with E-state index >= 15 is 0 Å². The van der Waals surface area contributed by atoms with E-state index < -0.39 is 0 Å². The maximum absolute atomic E-state index is 6.32. The molecule has 0 saturated heterocycles. The van der Waals surface area contributed by atoms with Crippen molar-refractivity contribution in [1.29, 1.82) is 0 Å². The quantitative estimate of drug-likeness (QED) is 0.861. The van der Waals surface area contributed by atoms with Gasteiger partial charge in [-0.25, -0.2) is 0 Å². The Hall–Kier alpha value is -0.540. The summed E-state index contributed by atoms with van der Waals surface area (Å²) in [6.07, 6.45) is 1.85. The summed E-state index contributed by atoms with van der Waals surface area (Å²) in [6.45, 7) is 6.50. The standard InChI is InChI=1S/C12H22ClN3/c1-6-10-12(13)11(16(5)15-10)7-8(2)9(3)14-4/h8-9,14H,6-7H2,1-5H3. The number of hydrogen-bond donors (Lipinski definition) is 1. The van der Waals surface area contributed by atoms with Gasteiger partial charge in [0.15, 0.2) is 0 Å². The minimum atomic E-state index is 0.482. The van der Waals surface area contributed by atoms with Crippen LogP contribution < -0.4 is 5.32 Å². The van der Waals surface area contributed by atoms with Gasteiger partial charge in [0.1, 0.15) is 0 Å². The molecule has 2 unspecified atom stereocenters. The van der Waals surface area contributed by atoms with Crippen LogP contribution in [0.2, 0.25) is 5.02 Å². The minimum absolute atomic E-state index is 0.482. The molecular formula is C12H22ClN3. The molecule has 0 amide bonds. The molecule has 1 aromatic rings. The third-order valence-corrected chi connectivity index (χ3v) is 3.76. The van der Waals surface area contributed by atoms with Crippen molar-refractivity contribution in [1.82, 2.24) is 15.1 Å². The lowest BCUT2D eigenvalue weighted by atomic mass is 9.98. The van der Waals surface area contributed by atoms with Crippen molar-refractivity contribution in [2.24, 2.45) is 13.0 Å². The average Bonchev–Trinajstić information content (AvgIpc) is 2.55. The Kier molecular flexibility index (Phi) is 4.81. The smallest absolute Gasteiger partial charge is 0.0849 e. The third-order valence-electron chi connectivity index (χ3n) is 3.33.